The number of thiazole rings is 1. The summed E-state index contributed by atoms with van der Waals surface area (Å²) in [5, 5.41) is 3.92. The van der Waals surface area contributed by atoms with Crippen molar-refractivity contribution in [2.24, 2.45) is 5.92 Å². The van der Waals surface area contributed by atoms with Gasteiger partial charge in [-0.2, -0.15) is 0 Å². The average molecular weight is 305 g/mol. The highest BCUT2D eigenvalue weighted by atomic mass is 32.1. The molecule has 2 aromatic rings. The minimum absolute atomic E-state index is 0.0545. The maximum Gasteiger partial charge on any atom is 0.317 e. The molecule has 0 spiro atoms. The lowest BCUT2D eigenvalue weighted by Crippen LogP contribution is -2.39. The van der Waals surface area contributed by atoms with Crippen molar-refractivity contribution in [1.82, 2.24) is 15.2 Å². The molecule has 1 atom stereocenters. The molecule has 1 aromatic heterocycles. The van der Waals surface area contributed by atoms with E-state index in [0.717, 1.165) is 34.9 Å². The summed E-state index contributed by atoms with van der Waals surface area (Å²) >= 11 is 1.63. The highest BCUT2D eigenvalue weighted by Crippen LogP contribution is 2.22. The minimum atomic E-state index is -0.0545. The van der Waals surface area contributed by atoms with Gasteiger partial charge in [-0.15, -0.1) is 11.3 Å². The summed E-state index contributed by atoms with van der Waals surface area (Å²) in [6.07, 6.45) is 1.03. The Balaban J connectivity index is 1.54. The molecule has 1 fully saturated rings. The Hall–Kier alpha value is -1.66. The summed E-state index contributed by atoms with van der Waals surface area (Å²) in [5.41, 5.74) is 0.995. The van der Waals surface area contributed by atoms with Gasteiger partial charge in [0.1, 0.15) is 5.01 Å². The first-order chi connectivity index (χ1) is 10.2. The van der Waals surface area contributed by atoms with E-state index in [1.165, 1.54) is 0 Å². The van der Waals surface area contributed by atoms with Crippen LogP contribution in [-0.4, -0.2) is 42.7 Å². The number of aromatic nitrogens is 1. The largest absolute Gasteiger partial charge is 0.381 e. The number of fused-ring (bicyclic) bond motifs is 1. The molecule has 1 aliphatic rings. The Morgan fingerprint density at radius 1 is 1.52 bits per heavy atom. The van der Waals surface area contributed by atoms with Crippen LogP contribution in [0.1, 0.15) is 11.4 Å². The van der Waals surface area contributed by atoms with E-state index in [9.17, 15) is 4.79 Å². The van der Waals surface area contributed by atoms with Crippen molar-refractivity contribution in [1.29, 1.82) is 0 Å². The summed E-state index contributed by atoms with van der Waals surface area (Å²) in [6, 6.07) is 7.98. The normalized spacial score (nSPS) is 18.0. The van der Waals surface area contributed by atoms with Crippen molar-refractivity contribution in [3.8, 4) is 0 Å². The molecule has 2 amide bonds. The number of benzene rings is 1. The summed E-state index contributed by atoms with van der Waals surface area (Å²) < 4.78 is 6.46. The van der Waals surface area contributed by atoms with Crippen LogP contribution in [0.3, 0.4) is 0 Å². The molecular weight excluding hydrogens is 286 g/mol. The Bertz CT molecular complexity index is 589. The zero-order chi connectivity index (χ0) is 14.7. The van der Waals surface area contributed by atoms with E-state index in [1.807, 2.05) is 18.2 Å². The van der Waals surface area contributed by atoms with Gasteiger partial charge in [0.2, 0.25) is 0 Å². The number of rotatable bonds is 4. The second-order valence-electron chi connectivity index (χ2n) is 5.35. The van der Waals surface area contributed by atoms with Gasteiger partial charge in [-0.25, -0.2) is 9.78 Å². The molecule has 1 N–H and O–H groups in total. The molecule has 2 heterocycles. The number of carbonyl (C=O) groups excluding carboxylic acids is 1. The van der Waals surface area contributed by atoms with Gasteiger partial charge in [-0.05, 0) is 18.6 Å². The number of hydrogen-bond donors (Lipinski definition) is 1. The molecule has 0 unspecified atom stereocenters. The van der Waals surface area contributed by atoms with Crippen molar-refractivity contribution in [2.75, 3.05) is 26.8 Å². The first kappa shape index (κ1) is 14.3. The molecule has 1 aromatic carbocycles. The number of nitrogens with one attached hydrogen (secondary N) is 1. The lowest BCUT2D eigenvalue weighted by atomic mass is 10.1. The molecule has 0 aliphatic carbocycles. The molecule has 21 heavy (non-hydrogen) atoms. The fourth-order valence-electron chi connectivity index (χ4n) is 2.37. The number of amides is 2. The van der Waals surface area contributed by atoms with E-state index in [1.54, 1.807) is 23.3 Å². The van der Waals surface area contributed by atoms with Crippen molar-refractivity contribution in [3.05, 3.63) is 29.3 Å². The highest BCUT2D eigenvalue weighted by molar-refractivity contribution is 7.18. The average Bonchev–Trinajstić information content (AvgIpc) is 3.13. The minimum Gasteiger partial charge on any atom is -0.381 e. The van der Waals surface area contributed by atoms with Gasteiger partial charge in [0.05, 0.1) is 23.4 Å². The Labute approximate surface area is 127 Å². The quantitative estimate of drug-likeness (QED) is 0.944. The summed E-state index contributed by atoms with van der Waals surface area (Å²) in [6.45, 7) is 2.78. The van der Waals surface area contributed by atoms with Crippen LogP contribution in [0.2, 0.25) is 0 Å². The van der Waals surface area contributed by atoms with E-state index in [-0.39, 0.29) is 6.03 Å². The van der Waals surface area contributed by atoms with Crippen LogP contribution in [0, 0.1) is 5.92 Å². The molecular formula is C15H19N3O2S. The molecule has 1 saturated heterocycles. The van der Waals surface area contributed by atoms with Crippen LogP contribution in [0.15, 0.2) is 24.3 Å². The van der Waals surface area contributed by atoms with Crippen molar-refractivity contribution in [3.63, 3.8) is 0 Å². The van der Waals surface area contributed by atoms with Crippen LogP contribution in [0.4, 0.5) is 4.79 Å². The standard InChI is InChI=1S/C15H19N3O2S/c1-18(15(19)16-8-11-6-7-20-10-11)9-14-17-12-4-2-3-5-13(12)21-14/h2-5,11H,6-10H2,1H3,(H,16,19)/t11-/m0/s1. The van der Waals surface area contributed by atoms with E-state index < -0.39 is 0 Å². The lowest BCUT2D eigenvalue weighted by molar-refractivity contribution is 0.182. The predicted molar refractivity (Wildman–Crippen MR) is 83.4 cm³/mol. The first-order valence-corrected chi connectivity index (χ1v) is 7.95. The van der Waals surface area contributed by atoms with Crippen LogP contribution in [0.5, 0.6) is 0 Å². The number of carbonyl (C=O) groups is 1. The Morgan fingerprint density at radius 2 is 2.38 bits per heavy atom. The van der Waals surface area contributed by atoms with Gasteiger partial charge in [-0.3, -0.25) is 0 Å². The smallest absolute Gasteiger partial charge is 0.317 e. The third-order valence-corrected chi connectivity index (χ3v) is 4.64. The van der Waals surface area contributed by atoms with E-state index >= 15 is 0 Å². The van der Waals surface area contributed by atoms with Crippen molar-refractivity contribution < 1.29 is 9.53 Å². The number of urea groups is 1. The maximum absolute atomic E-state index is 12.1. The molecule has 3 rings (SSSR count). The van der Waals surface area contributed by atoms with Crippen LogP contribution < -0.4 is 5.32 Å². The van der Waals surface area contributed by atoms with Gasteiger partial charge >= 0.3 is 6.03 Å². The fraction of sp³-hybridized carbons (Fsp3) is 0.467. The number of para-hydroxylation sites is 1. The van der Waals surface area contributed by atoms with Gasteiger partial charge in [0.25, 0.3) is 0 Å². The zero-order valence-corrected chi connectivity index (χ0v) is 12.9. The zero-order valence-electron chi connectivity index (χ0n) is 12.0. The van der Waals surface area contributed by atoms with Crippen molar-refractivity contribution in [2.45, 2.75) is 13.0 Å². The topological polar surface area (TPSA) is 54.5 Å². The summed E-state index contributed by atoms with van der Waals surface area (Å²) in [5.74, 6) is 0.449. The molecule has 5 nitrogen and oxygen atoms in total. The molecule has 0 bridgehead atoms. The van der Waals surface area contributed by atoms with E-state index in [4.69, 9.17) is 4.74 Å². The number of hydrogen-bond acceptors (Lipinski definition) is 4. The SMILES string of the molecule is CN(Cc1nc2ccccc2s1)C(=O)NC[C@@H]1CCOC1. The predicted octanol–water partition coefficient (Wildman–Crippen LogP) is 2.47. The molecule has 112 valence electrons. The van der Waals surface area contributed by atoms with E-state index in [0.29, 0.717) is 19.0 Å². The number of ether oxygens (including phenoxy) is 1. The lowest BCUT2D eigenvalue weighted by Gasteiger charge is -2.18. The summed E-state index contributed by atoms with van der Waals surface area (Å²) in [4.78, 5) is 18.3. The first-order valence-electron chi connectivity index (χ1n) is 7.13. The third kappa shape index (κ3) is 3.51. The van der Waals surface area contributed by atoms with E-state index in [2.05, 4.69) is 16.4 Å². The monoisotopic (exact) mass is 305 g/mol. The molecule has 6 heteroatoms. The second-order valence-corrected chi connectivity index (χ2v) is 6.46. The Kier molecular flexibility index (Phi) is 4.36. The van der Waals surface area contributed by atoms with Crippen molar-refractivity contribution >= 4 is 27.6 Å². The van der Waals surface area contributed by atoms with Gasteiger partial charge < -0.3 is 15.0 Å². The van der Waals surface area contributed by atoms with Gasteiger partial charge in [-0.1, -0.05) is 12.1 Å². The van der Waals surface area contributed by atoms with Gasteiger partial charge in [0.15, 0.2) is 0 Å². The Morgan fingerprint density at radius 3 is 3.14 bits per heavy atom. The second kappa shape index (κ2) is 6.41. The van der Waals surface area contributed by atoms with Crippen LogP contribution in [-0.2, 0) is 11.3 Å². The maximum atomic E-state index is 12.1. The van der Waals surface area contributed by atoms with Crippen LogP contribution in [0.25, 0.3) is 10.2 Å². The fourth-order valence-corrected chi connectivity index (χ4v) is 3.39. The summed E-state index contributed by atoms with van der Waals surface area (Å²) in [7, 11) is 1.80. The van der Waals surface area contributed by atoms with Crippen LogP contribution >= 0.6 is 11.3 Å². The highest BCUT2D eigenvalue weighted by Gasteiger charge is 2.18. The third-order valence-electron chi connectivity index (χ3n) is 3.62. The molecule has 0 saturated carbocycles. The van der Waals surface area contributed by atoms with Gasteiger partial charge in [0, 0.05) is 26.1 Å². The molecule has 0 radical (unpaired) electrons. The molecule has 1 aliphatic heterocycles. The number of nitrogens with zero attached hydrogens (tertiary/aromatic N) is 2.